The van der Waals surface area contributed by atoms with E-state index < -0.39 is 0 Å². The van der Waals surface area contributed by atoms with Crippen molar-refractivity contribution in [2.24, 2.45) is 0 Å². The summed E-state index contributed by atoms with van der Waals surface area (Å²) in [5, 5.41) is 3.50. The minimum atomic E-state index is 0.746. The first kappa shape index (κ1) is 16.1. The fourth-order valence-corrected chi connectivity index (χ4v) is 3.30. The molecular formula is C19H24N5O+. The number of benzene rings is 1. The summed E-state index contributed by atoms with van der Waals surface area (Å²) in [5.41, 5.74) is 3.43. The molecule has 0 spiro atoms. The highest BCUT2D eigenvalue weighted by atomic mass is 16.5. The molecule has 1 aliphatic heterocycles. The molecule has 1 saturated heterocycles. The van der Waals surface area contributed by atoms with Gasteiger partial charge in [-0.15, -0.1) is 0 Å². The van der Waals surface area contributed by atoms with Gasteiger partial charge in [0, 0.05) is 18.9 Å². The first-order valence-electron chi connectivity index (χ1n) is 8.89. The van der Waals surface area contributed by atoms with Crippen LogP contribution in [0.25, 0.3) is 11.0 Å². The maximum absolute atomic E-state index is 5.46. The molecule has 130 valence electrons. The van der Waals surface area contributed by atoms with Crippen LogP contribution in [-0.4, -0.2) is 47.4 Å². The van der Waals surface area contributed by atoms with Crippen LogP contribution in [0.1, 0.15) is 5.56 Å². The number of fused-ring (bicyclic) bond motifs is 1. The monoisotopic (exact) mass is 338 g/mol. The number of rotatable bonds is 6. The van der Waals surface area contributed by atoms with E-state index in [1.807, 2.05) is 30.6 Å². The lowest BCUT2D eigenvalue weighted by molar-refractivity contribution is -0.908. The SMILES string of the molecule is c1ccc2c(c1)nc(NCc1ccncc1)n2CC[NH+]1CCOCC1. The third-order valence-corrected chi connectivity index (χ3v) is 4.74. The number of hydrogen-bond donors (Lipinski definition) is 2. The van der Waals surface area contributed by atoms with E-state index in [9.17, 15) is 0 Å². The Balaban J connectivity index is 1.52. The summed E-state index contributed by atoms with van der Waals surface area (Å²) >= 11 is 0. The van der Waals surface area contributed by atoms with E-state index in [-0.39, 0.29) is 0 Å². The van der Waals surface area contributed by atoms with Crippen molar-refractivity contribution in [1.29, 1.82) is 0 Å². The number of ether oxygens (including phenoxy) is 1. The lowest BCUT2D eigenvalue weighted by Gasteiger charge is -2.24. The van der Waals surface area contributed by atoms with Gasteiger partial charge in [-0.3, -0.25) is 4.98 Å². The summed E-state index contributed by atoms with van der Waals surface area (Å²) in [4.78, 5) is 10.5. The van der Waals surface area contributed by atoms with Gasteiger partial charge in [0.15, 0.2) is 0 Å². The van der Waals surface area contributed by atoms with Crippen molar-refractivity contribution in [3.8, 4) is 0 Å². The van der Waals surface area contributed by atoms with Gasteiger partial charge in [-0.1, -0.05) is 12.1 Å². The van der Waals surface area contributed by atoms with E-state index in [1.54, 1.807) is 4.90 Å². The second-order valence-electron chi connectivity index (χ2n) is 6.40. The average molecular weight is 338 g/mol. The Morgan fingerprint density at radius 2 is 1.88 bits per heavy atom. The van der Waals surface area contributed by atoms with Crippen LogP contribution in [0.5, 0.6) is 0 Å². The first-order valence-corrected chi connectivity index (χ1v) is 8.89. The fraction of sp³-hybridized carbons (Fsp3) is 0.368. The maximum atomic E-state index is 5.46. The predicted octanol–water partition coefficient (Wildman–Crippen LogP) is 0.958. The number of pyridine rings is 1. The van der Waals surface area contributed by atoms with Crippen molar-refractivity contribution in [1.82, 2.24) is 14.5 Å². The third-order valence-electron chi connectivity index (χ3n) is 4.74. The molecule has 25 heavy (non-hydrogen) atoms. The second-order valence-corrected chi connectivity index (χ2v) is 6.40. The Labute approximate surface area is 147 Å². The number of aromatic nitrogens is 3. The van der Waals surface area contributed by atoms with Crippen molar-refractivity contribution in [2.45, 2.75) is 13.1 Å². The summed E-state index contributed by atoms with van der Waals surface area (Å²) in [7, 11) is 0. The molecule has 0 amide bonds. The van der Waals surface area contributed by atoms with Gasteiger partial charge in [0.1, 0.15) is 13.1 Å². The molecule has 1 fully saturated rings. The van der Waals surface area contributed by atoms with Crippen molar-refractivity contribution >= 4 is 17.0 Å². The standard InChI is InChI=1S/C19H23N5O/c1-2-4-18-17(3-1)22-19(21-15-16-5-7-20-8-6-16)24(18)10-9-23-11-13-25-14-12-23/h1-8H,9-15H2,(H,21,22)/p+1. The number of para-hydroxylation sites is 2. The molecule has 3 heterocycles. The van der Waals surface area contributed by atoms with E-state index >= 15 is 0 Å². The molecule has 6 heteroatoms. The van der Waals surface area contributed by atoms with Crippen molar-refractivity contribution in [3.63, 3.8) is 0 Å². The van der Waals surface area contributed by atoms with Gasteiger partial charge in [0.05, 0.1) is 37.3 Å². The van der Waals surface area contributed by atoms with Gasteiger partial charge in [0.2, 0.25) is 5.95 Å². The van der Waals surface area contributed by atoms with E-state index in [4.69, 9.17) is 9.72 Å². The summed E-state index contributed by atoms with van der Waals surface area (Å²) in [6.45, 7) is 6.71. The molecule has 3 aromatic rings. The molecule has 0 radical (unpaired) electrons. The zero-order valence-electron chi connectivity index (χ0n) is 14.3. The topological polar surface area (TPSA) is 56.4 Å². The summed E-state index contributed by atoms with van der Waals surface area (Å²) < 4.78 is 7.77. The lowest BCUT2D eigenvalue weighted by atomic mass is 10.3. The van der Waals surface area contributed by atoms with Crippen LogP contribution in [0.2, 0.25) is 0 Å². The zero-order valence-corrected chi connectivity index (χ0v) is 14.3. The maximum Gasteiger partial charge on any atom is 0.204 e. The Hall–Kier alpha value is -2.44. The smallest absolute Gasteiger partial charge is 0.204 e. The summed E-state index contributed by atoms with van der Waals surface area (Å²) in [6.07, 6.45) is 3.64. The van der Waals surface area contributed by atoms with Crippen LogP contribution in [0, 0.1) is 0 Å². The normalized spacial score (nSPS) is 15.5. The largest absolute Gasteiger partial charge is 0.370 e. The van der Waals surface area contributed by atoms with Crippen molar-refractivity contribution in [3.05, 3.63) is 54.4 Å². The number of hydrogen-bond acceptors (Lipinski definition) is 4. The van der Waals surface area contributed by atoms with Crippen LogP contribution in [-0.2, 0) is 17.8 Å². The third kappa shape index (κ3) is 3.81. The molecule has 4 rings (SSSR count). The van der Waals surface area contributed by atoms with Gasteiger partial charge >= 0.3 is 0 Å². The summed E-state index contributed by atoms with van der Waals surface area (Å²) in [6, 6.07) is 12.4. The molecule has 2 aromatic heterocycles. The van der Waals surface area contributed by atoms with Crippen LogP contribution in [0.3, 0.4) is 0 Å². The Morgan fingerprint density at radius 1 is 1.08 bits per heavy atom. The van der Waals surface area contributed by atoms with Crippen LogP contribution in [0.4, 0.5) is 5.95 Å². The first-order chi connectivity index (χ1) is 12.4. The molecule has 0 aliphatic carbocycles. The van der Waals surface area contributed by atoms with Gasteiger partial charge in [0.25, 0.3) is 0 Å². The number of quaternary nitrogens is 1. The van der Waals surface area contributed by atoms with Gasteiger partial charge in [-0.05, 0) is 29.8 Å². The van der Waals surface area contributed by atoms with Crippen molar-refractivity contribution < 1.29 is 9.64 Å². The number of anilines is 1. The number of morpholine rings is 1. The predicted molar refractivity (Wildman–Crippen MR) is 97.7 cm³/mol. The average Bonchev–Trinajstić information content (AvgIpc) is 3.04. The molecule has 0 bridgehead atoms. The molecule has 6 nitrogen and oxygen atoms in total. The van der Waals surface area contributed by atoms with Gasteiger partial charge in [-0.2, -0.15) is 0 Å². The highest BCUT2D eigenvalue weighted by Crippen LogP contribution is 2.19. The Morgan fingerprint density at radius 3 is 2.72 bits per heavy atom. The number of nitrogens with zero attached hydrogens (tertiary/aromatic N) is 3. The minimum Gasteiger partial charge on any atom is -0.370 e. The summed E-state index contributed by atoms with van der Waals surface area (Å²) in [5.74, 6) is 0.936. The fourth-order valence-electron chi connectivity index (χ4n) is 3.30. The number of nitrogens with one attached hydrogen (secondary N) is 2. The van der Waals surface area contributed by atoms with E-state index in [0.717, 1.165) is 57.4 Å². The highest BCUT2D eigenvalue weighted by Gasteiger charge is 2.16. The molecule has 0 saturated carbocycles. The molecule has 2 N–H and O–H groups in total. The van der Waals surface area contributed by atoms with E-state index in [2.05, 4.69) is 33.1 Å². The molecule has 1 aromatic carbocycles. The van der Waals surface area contributed by atoms with E-state index in [0.29, 0.717) is 0 Å². The lowest BCUT2D eigenvalue weighted by Crippen LogP contribution is -3.14. The van der Waals surface area contributed by atoms with Crippen molar-refractivity contribution in [2.75, 3.05) is 38.2 Å². The Kier molecular flexibility index (Phi) is 4.90. The molecule has 0 atom stereocenters. The minimum absolute atomic E-state index is 0.746. The molecule has 0 unspecified atom stereocenters. The van der Waals surface area contributed by atoms with Crippen LogP contribution < -0.4 is 10.2 Å². The second kappa shape index (κ2) is 7.63. The molecular weight excluding hydrogens is 314 g/mol. The van der Waals surface area contributed by atoms with Crippen LogP contribution >= 0.6 is 0 Å². The quantitative estimate of drug-likeness (QED) is 0.703. The van der Waals surface area contributed by atoms with Crippen LogP contribution in [0.15, 0.2) is 48.8 Å². The Bertz CT molecular complexity index is 811. The highest BCUT2D eigenvalue weighted by molar-refractivity contribution is 5.78. The van der Waals surface area contributed by atoms with E-state index in [1.165, 1.54) is 11.1 Å². The van der Waals surface area contributed by atoms with Gasteiger partial charge in [-0.25, -0.2) is 4.98 Å². The zero-order chi connectivity index (χ0) is 16.9. The number of imidazole rings is 1. The van der Waals surface area contributed by atoms with Gasteiger partial charge < -0.3 is 19.5 Å². The molecule has 1 aliphatic rings.